The molecule has 0 aliphatic heterocycles. The molecule has 0 aromatic carbocycles. The molecule has 0 bridgehead atoms. The summed E-state index contributed by atoms with van der Waals surface area (Å²) < 4.78 is 0. The molecule has 0 saturated carbocycles. The average Bonchev–Trinajstić information content (AvgIpc) is 2.25. The topological polar surface area (TPSA) is 15.3 Å². The van der Waals surface area contributed by atoms with Crippen molar-refractivity contribution < 1.29 is 0 Å². The molecular weight excluding hydrogens is 184 g/mol. The van der Waals surface area contributed by atoms with E-state index in [4.69, 9.17) is 6.42 Å². The molecule has 2 heteroatoms. The molecule has 0 amide bonds. The zero-order valence-electron chi connectivity index (χ0n) is 10.6. The average molecular weight is 210 g/mol. The summed E-state index contributed by atoms with van der Waals surface area (Å²) in [6.45, 7) is 11.2. The Morgan fingerprint density at radius 2 is 2.00 bits per heavy atom. The van der Waals surface area contributed by atoms with Crippen molar-refractivity contribution >= 4 is 0 Å². The smallest absolute Gasteiger partial charge is 0.0211 e. The van der Waals surface area contributed by atoms with Crippen molar-refractivity contribution in [2.75, 3.05) is 26.2 Å². The summed E-state index contributed by atoms with van der Waals surface area (Å²) in [5.41, 5.74) is 0. The van der Waals surface area contributed by atoms with Gasteiger partial charge in [0.05, 0.1) is 0 Å². The summed E-state index contributed by atoms with van der Waals surface area (Å²) in [6.07, 6.45) is 8.53. The Morgan fingerprint density at radius 1 is 1.33 bits per heavy atom. The van der Waals surface area contributed by atoms with Crippen LogP contribution in [0.15, 0.2) is 0 Å². The normalized spacial score (nSPS) is 12.7. The fourth-order valence-electron chi connectivity index (χ4n) is 1.65. The lowest BCUT2D eigenvalue weighted by atomic mass is 10.1. The van der Waals surface area contributed by atoms with E-state index in [0.29, 0.717) is 6.04 Å². The van der Waals surface area contributed by atoms with E-state index in [2.05, 4.69) is 36.9 Å². The van der Waals surface area contributed by atoms with Crippen LogP contribution >= 0.6 is 0 Å². The first kappa shape index (κ1) is 14.5. The number of hydrogen-bond donors (Lipinski definition) is 1. The van der Waals surface area contributed by atoms with Crippen LogP contribution < -0.4 is 5.32 Å². The molecule has 0 aliphatic carbocycles. The van der Waals surface area contributed by atoms with E-state index in [0.717, 1.165) is 26.1 Å². The lowest BCUT2D eigenvalue weighted by molar-refractivity contribution is 0.291. The minimum Gasteiger partial charge on any atom is -0.313 e. The van der Waals surface area contributed by atoms with E-state index in [1.165, 1.54) is 19.4 Å². The first-order chi connectivity index (χ1) is 7.24. The molecule has 15 heavy (non-hydrogen) atoms. The van der Waals surface area contributed by atoms with Gasteiger partial charge in [-0.2, -0.15) is 0 Å². The van der Waals surface area contributed by atoms with Crippen LogP contribution in [0.2, 0.25) is 0 Å². The van der Waals surface area contributed by atoms with E-state index in [1.807, 2.05) is 0 Å². The standard InChI is InChI=1S/C13H26N2/c1-5-8-11-14-13(4)10-9-12-15(6-2)7-3/h1,13-14H,6-12H2,2-4H3. The molecule has 0 radical (unpaired) electrons. The Morgan fingerprint density at radius 3 is 2.53 bits per heavy atom. The van der Waals surface area contributed by atoms with Crippen molar-refractivity contribution in [3.63, 3.8) is 0 Å². The van der Waals surface area contributed by atoms with Crippen molar-refractivity contribution in [2.24, 2.45) is 0 Å². The highest BCUT2D eigenvalue weighted by Gasteiger charge is 2.02. The number of rotatable bonds is 9. The maximum Gasteiger partial charge on any atom is 0.0211 e. The zero-order valence-corrected chi connectivity index (χ0v) is 10.6. The van der Waals surface area contributed by atoms with Crippen molar-refractivity contribution in [1.29, 1.82) is 0 Å². The van der Waals surface area contributed by atoms with Crippen molar-refractivity contribution in [3.05, 3.63) is 0 Å². The maximum atomic E-state index is 5.19. The summed E-state index contributed by atoms with van der Waals surface area (Å²) in [4.78, 5) is 2.47. The van der Waals surface area contributed by atoms with Gasteiger partial charge in [-0.25, -0.2) is 0 Å². The zero-order chi connectivity index (χ0) is 11.5. The molecule has 0 aromatic rings. The van der Waals surface area contributed by atoms with Gasteiger partial charge in [0.2, 0.25) is 0 Å². The minimum atomic E-state index is 0.592. The molecule has 0 spiro atoms. The van der Waals surface area contributed by atoms with Crippen molar-refractivity contribution in [2.45, 2.75) is 46.1 Å². The van der Waals surface area contributed by atoms with Gasteiger partial charge in [-0.3, -0.25) is 0 Å². The van der Waals surface area contributed by atoms with E-state index in [-0.39, 0.29) is 0 Å². The fraction of sp³-hybridized carbons (Fsp3) is 0.846. The van der Waals surface area contributed by atoms with Crippen LogP contribution in [0.4, 0.5) is 0 Å². The van der Waals surface area contributed by atoms with Gasteiger partial charge in [-0.15, -0.1) is 12.3 Å². The molecule has 1 unspecified atom stereocenters. The predicted molar refractivity (Wildman–Crippen MR) is 67.9 cm³/mol. The van der Waals surface area contributed by atoms with Crippen LogP contribution in [0.3, 0.4) is 0 Å². The Labute approximate surface area is 95.4 Å². The van der Waals surface area contributed by atoms with Crippen LogP contribution in [0.25, 0.3) is 0 Å². The second-order valence-electron chi connectivity index (χ2n) is 3.98. The van der Waals surface area contributed by atoms with Gasteiger partial charge >= 0.3 is 0 Å². The molecule has 88 valence electrons. The third-order valence-electron chi connectivity index (χ3n) is 2.77. The molecule has 0 fully saturated rings. The summed E-state index contributed by atoms with van der Waals surface area (Å²) in [6, 6.07) is 0.592. The summed E-state index contributed by atoms with van der Waals surface area (Å²) in [5, 5.41) is 3.43. The molecule has 0 aliphatic rings. The van der Waals surface area contributed by atoms with Crippen LogP contribution in [-0.2, 0) is 0 Å². The Kier molecular flexibility index (Phi) is 9.67. The van der Waals surface area contributed by atoms with Crippen molar-refractivity contribution in [1.82, 2.24) is 10.2 Å². The monoisotopic (exact) mass is 210 g/mol. The maximum absolute atomic E-state index is 5.19. The van der Waals surface area contributed by atoms with E-state index in [9.17, 15) is 0 Å². The van der Waals surface area contributed by atoms with Gasteiger partial charge in [0, 0.05) is 19.0 Å². The molecule has 0 aromatic heterocycles. The number of hydrogen-bond acceptors (Lipinski definition) is 2. The SMILES string of the molecule is C#CCCNC(C)CCCN(CC)CC. The lowest BCUT2D eigenvalue weighted by Gasteiger charge is -2.19. The fourth-order valence-corrected chi connectivity index (χ4v) is 1.65. The van der Waals surface area contributed by atoms with Gasteiger partial charge in [0.1, 0.15) is 0 Å². The number of nitrogens with zero attached hydrogens (tertiary/aromatic N) is 1. The molecule has 1 N–H and O–H groups in total. The Balaban J connectivity index is 3.37. The van der Waals surface area contributed by atoms with E-state index in [1.54, 1.807) is 0 Å². The summed E-state index contributed by atoms with van der Waals surface area (Å²) in [5.74, 6) is 2.64. The van der Waals surface area contributed by atoms with Gasteiger partial charge in [-0.05, 0) is 39.4 Å². The highest BCUT2D eigenvalue weighted by atomic mass is 15.1. The second-order valence-corrected chi connectivity index (χ2v) is 3.98. The van der Waals surface area contributed by atoms with Crippen LogP contribution in [-0.4, -0.2) is 37.1 Å². The second kappa shape index (κ2) is 10.0. The predicted octanol–water partition coefficient (Wildman–Crippen LogP) is 2.11. The lowest BCUT2D eigenvalue weighted by Crippen LogP contribution is -2.29. The van der Waals surface area contributed by atoms with Gasteiger partial charge < -0.3 is 10.2 Å². The van der Waals surface area contributed by atoms with Gasteiger partial charge in [-0.1, -0.05) is 13.8 Å². The molecule has 1 atom stereocenters. The minimum absolute atomic E-state index is 0.592. The molecule has 2 nitrogen and oxygen atoms in total. The molecule has 0 rings (SSSR count). The third kappa shape index (κ3) is 8.47. The van der Waals surface area contributed by atoms with E-state index < -0.39 is 0 Å². The molecule has 0 heterocycles. The summed E-state index contributed by atoms with van der Waals surface area (Å²) in [7, 11) is 0. The first-order valence-electron chi connectivity index (χ1n) is 6.13. The van der Waals surface area contributed by atoms with Gasteiger partial charge in [0.15, 0.2) is 0 Å². The highest BCUT2D eigenvalue weighted by molar-refractivity contribution is 4.84. The largest absolute Gasteiger partial charge is 0.313 e. The Bertz CT molecular complexity index is 168. The quantitative estimate of drug-likeness (QED) is 0.463. The van der Waals surface area contributed by atoms with E-state index >= 15 is 0 Å². The third-order valence-corrected chi connectivity index (χ3v) is 2.77. The van der Waals surface area contributed by atoms with Crippen LogP contribution in [0.1, 0.15) is 40.0 Å². The van der Waals surface area contributed by atoms with Crippen LogP contribution in [0, 0.1) is 12.3 Å². The highest BCUT2D eigenvalue weighted by Crippen LogP contribution is 1.99. The molecular formula is C13H26N2. The Hall–Kier alpha value is -0.520. The van der Waals surface area contributed by atoms with Gasteiger partial charge in [0.25, 0.3) is 0 Å². The molecule has 0 saturated heterocycles. The van der Waals surface area contributed by atoms with Crippen molar-refractivity contribution in [3.8, 4) is 12.3 Å². The first-order valence-corrected chi connectivity index (χ1v) is 6.13. The summed E-state index contributed by atoms with van der Waals surface area (Å²) >= 11 is 0. The number of terminal acetylenes is 1. The van der Waals surface area contributed by atoms with Crippen LogP contribution in [0.5, 0.6) is 0 Å². The number of nitrogens with one attached hydrogen (secondary N) is 1.